The maximum atomic E-state index is 6.19. The lowest BCUT2D eigenvalue weighted by molar-refractivity contribution is 0.730. The number of hydrogen-bond donors (Lipinski definition) is 2. The quantitative estimate of drug-likeness (QED) is 0.877. The van der Waals surface area contributed by atoms with Crippen molar-refractivity contribution in [1.82, 2.24) is 14.8 Å². The zero-order chi connectivity index (χ0) is 15.6. The van der Waals surface area contributed by atoms with Crippen LogP contribution in [0.15, 0.2) is 6.07 Å². The summed E-state index contributed by atoms with van der Waals surface area (Å²) in [6, 6.07) is 1.69. The van der Waals surface area contributed by atoms with E-state index in [-0.39, 0.29) is 0 Å². The molecule has 2 heterocycles. The van der Waals surface area contributed by atoms with E-state index in [1.165, 1.54) is 0 Å². The SMILES string of the molecule is CCNc1nc(NCc2c(C)nn(C)c2C)c(Cl)cc1Cl. The summed E-state index contributed by atoms with van der Waals surface area (Å²) < 4.78 is 1.87. The highest BCUT2D eigenvalue weighted by Gasteiger charge is 2.12. The third kappa shape index (κ3) is 3.41. The normalized spacial score (nSPS) is 10.8. The average Bonchev–Trinajstić information content (AvgIpc) is 2.66. The fourth-order valence-corrected chi connectivity index (χ4v) is 2.62. The van der Waals surface area contributed by atoms with Gasteiger partial charge in [0.25, 0.3) is 0 Å². The highest BCUT2D eigenvalue weighted by atomic mass is 35.5. The van der Waals surface area contributed by atoms with E-state index in [0.29, 0.717) is 28.2 Å². The first-order valence-corrected chi connectivity index (χ1v) is 7.52. The van der Waals surface area contributed by atoms with Crippen LogP contribution in [0.25, 0.3) is 0 Å². The maximum absolute atomic E-state index is 6.19. The van der Waals surface area contributed by atoms with E-state index >= 15 is 0 Å². The molecule has 5 nitrogen and oxygen atoms in total. The summed E-state index contributed by atoms with van der Waals surface area (Å²) in [6.45, 7) is 7.38. The summed E-state index contributed by atoms with van der Waals surface area (Å²) in [5.74, 6) is 1.24. The van der Waals surface area contributed by atoms with Gasteiger partial charge in [0.1, 0.15) is 11.6 Å². The Morgan fingerprint density at radius 3 is 2.29 bits per heavy atom. The van der Waals surface area contributed by atoms with Gasteiger partial charge in [0.2, 0.25) is 0 Å². The summed E-state index contributed by atoms with van der Waals surface area (Å²) >= 11 is 12.3. The predicted molar refractivity (Wildman–Crippen MR) is 88.4 cm³/mol. The Morgan fingerprint density at radius 1 is 1.14 bits per heavy atom. The topological polar surface area (TPSA) is 54.8 Å². The molecule has 0 radical (unpaired) electrons. The summed E-state index contributed by atoms with van der Waals surface area (Å²) in [5.41, 5.74) is 3.27. The molecular formula is C14H19Cl2N5. The molecule has 2 rings (SSSR count). The Kier molecular flexibility index (Phi) is 4.96. The van der Waals surface area contributed by atoms with Gasteiger partial charge < -0.3 is 10.6 Å². The van der Waals surface area contributed by atoms with Gasteiger partial charge in [-0.1, -0.05) is 23.2 Å². The van der Waals surface area contributed by atoms with Crippen molar-refractivity contribution in [2.24, 2.45) is 7.05 Å². The molecule has 7 heteroatoms. The minimum Gasteiger partial charge on any atom is -0.369 e. The molecule has 0 fully saturated rings. The molecule has 0 unspecified atom stereocenters. The number of nitrogens with one attached hydrogen (secondary N) is 2. The van der Waals surface area contributed by atoms with Gasteiger partial charge in [-0.05, 0) is 26.8 Å². The molecule has 0 aliphatic carbocycles. The molecular weight excluding hydrogens is 309 g/mol. The summed E-state index contributed by atoms with van der Waals surface area (Å²) in [4.78, 5) is 4.43. The Balaban J connectivity index is 2.21. The van der Waals surface area contributed by atoms with Gasteiger partial charge in [-0.2, -0.15) is 5.10 Å². The van der Waals surface area contributed by atoms with Gasteiger partial charge in [0.15, 0.2) is 0 Å². The van der Waals surface area contributed by atoms with Crippen molar-refractivity contribution in [2.75, 3.05) is 17.2 Å². The molecule has 2 aromatic heterocycles. The lowest BCUT2D eigenvalue weighted by Gasteiger charge is -2.12. The predicted octanol–water partition coefficient (Wildman–Crippen LogP) is 3.78. The number of rotatable bonds is 5. The van der Waals surface area contributed by atoms with E-state index in [4.69, 9.17) is 23.2 Å². The summed E-state index contributed by atoms with van der Waals surface area (Å²) in [6.07, 6.45) is 0. The summed E-state index contributed by atoms with van der Waals surface area (Å²) in [5, 5.41) is 11.8. The number of nitrogens with zero attached hydrogens (tertiary/aromatic N) is 3. The number of aryl methyl sites for hydroxylation is 2. The van der Waals surface area contributed by atoms with Crippen molar-refractivity contribution < 1.29 is 0 Å². The second-order valence-corrected chi connectivity index (χ2v) is 5.62. The van der Waals surface area contributed by atoms with Gasteiger partial charge in [-0.15, -0.1) is 0 Å². The van der Waals surface area contributed by atoms with Crippen molar-refractivity contribution in [3.63, 3.8) is 0 Å². The minimum absolute atomic E-state index is 0.501. The van der Waals surface area contributed by atoms with E-state index in [9.17, 15) is 0 Å². The van der Waals surface area contributed by atoms with Crippen LogP contribution in [-0.4, -0.2) is 21.3 Å². The Morgan fingerprint density at radius 2 is 1.76 bits per heavy atom. The monoisotopic (exact) mass is 327 g/mol. The molecule has 0 atom stereocenters. The Hall–Kier alpha value is -1.46. The van der Waals surface area contributed by atoms with Crippen LogP contribution in [0.4, 0.5) is 11.6 Å². The molecule has 2 N–H and O–H groups in total. The molecule has 0 saturated heterocycles. The lowest BCUT2D eigenvalue weighted by atomic mass is 10.2. The van der Waals surface area contributed by atoms with Gasteiger partial charge in [0, 0.05) is 31.4 Å². The van der Waals surface area contributed by atoms with Crippen LogP contribution in [0.3, 0.4) is 0 Å². The van der Waals surface area contributed by atoms with E-state index in [2.05, 4.69) is 20.7 Å². The van der Waals surface area contributed by atoms with Crippen molar-refractivity contribution in [1.29, 1.82) is 0 Å². The second kappa shape index (κ2) is 6.54. The third-order valence-corrected chi connectivity index (χ3v) is 3.94. The molecule has 21 heavy (non-hydrogen) atoms. The van der Waals surface area contributed by atoms with Crippen molar-refractivity contribution in [3.8, 4) is 0 Å². The zero-order valence-corrected chi connectivity index (χ0v) is 14.1. The number of aromatic nitrogens is 3. The van der Waals surface area contributed by atoms with E-state index < -0.39 is 0 Å². The van der Waals surface area contributed by atoms with Crippen LogP contribution in [0.2, 0.25) is 10.0 Å². The summed E-state index contributed by atoms with van der Waals surface area (Å²) in [7, 11) is 1.93. The van der Waals surface area contributed by atoms with Gasteiger partial charge in [0.05, 0.1) is 15.7 Å². The first kappa shape index (κ1) is 15.9. The molecule has 0 bridgehead atoms. The molecule has 0 spiro atoms. The van der Waals surface area contributed by atoms with Gasteiger partial charge in [-0.25, -0.2) is 4.98 Å². The largest absolute Gasteiger partial charge is 0.369 e. The number of halogens is 2. The molecule has 0 amide bonds. The highest BCUT2D eigenvalue weighted by Crippen LogP contribution is 2.29. The number of pyridine rings is 1. The zero-order valence-electron chi connectivity index (χ0n) is 12.6. The van der Waals surface area contributed by atoms with Crippen LogP contribution < -0.4 is 10.6 Å². The maximum Gasteiger partial charge on any atom is 0.147 e. The molecule has 0 aliphatic rings. The fraction of sp³-hybridized carbons (Fsp3) is 0.429. The highest BCUT2D eigenvalue weighted by molar-refractivity contribution is 6.37. The standard InChI is InChI=1S/C14H19Cl2N5/c1-5-17-13-11(15)6-12(16)14(19-13)18-7-10-8(2)20-21(4)9(10)3/h6H,5,7H2,1-4H3,(H2,17,18,19). The van der Waals surface area contributed by atoms with Gasteiger partial charge in [-0.3, -0.25) is 4.68 Å². The van der Waals surface area contributed by atoms with Crippen LogP contribution in [-0.2, 0) is 13.6 Å². The van der Waals surface area contributed by atoms with Crippen molar-refractivity contribution in [2.45, 2.75) is 27.3 Å². The van der Waals surface area contributed by atoms with Crippen LogP contribution in [0.1, 0.15) is 23.9 Å². The van der Waals surface area contributed by atoms with E-state index in [1.54, 1.807) is 6.07 Å². The van der Waals surface area contributed by atoms with Crippen LogP contribution in [0, 0.1) is 13.8 Å². The Labute approximate surface area is 134 Å². The number of anilines is 2. The first-order chi connectivity index (χ1) is 9.93. The fourth-order valence-electron chi connectivity index (χ4n) is 2.13. The minimum atomic E-state index is 0.501. The lowest BCUT2D eigenvalue weighted by Crippen LogP contribution is -2.07. The van der Waals surface area contributed by atoms with Gasteiger partial charge >= 0.3 is 0 Å². The molecule has 2 aromatic rings. The molecule has 0 saturated carbocycles. The second-order valence-electron chi connectivity index (χ2n) is 4.81. The molecule has 0 aromatic carbocycles. The van der Waals surface area contributed by atoms with Crippen molar-refractivity contribution >= 4 is 34.8 Å². The van der Waals surface area contributed by atoms with Crippen LogP contribution >= 0.6 is 23.2 Å². The van der Waals surface area contributed by atoms with Crippen molar-refractivity contribution in [3.05, 3.63) is 33.1 Å². The first-order valence-electron chi connectivity index (χ1n) is 6.76. The molecule has 114 valence electrons. The van der Waals surface area contributed by atoms with E-state index in [1.807, 2.05) is 32.5 Å². The average molecular weight is 328 g/mol. The third-order valence-electron chi connectivity index (χ3n) is 3.37. The van der Waals surface area contributed by atoms with E-state index in [0.717, 1.165) is 23.5 Å². The number of hydrogen-bond acceptors (Lipinski definition) is 4. The van der Waals surface area contributed by atoms with Crippen LogP contribution in [0.5, 0.6) is 0 Å². The smallest absolute Gasteiger partial charge is 0.147 e. The Bertz CT molecular complexity index is 651. The molecule has 0 aliphatic heterocycles.